The minimum Gasteiger partial charge on any atom is -0.481 e. The third kappa shape index (κ3) is 0.982. The second-order valence-electron chi connectivity index (χ2n) is 3.53. The van der Waals surface area contributed by atoms with E-state index in [2.05, 4.69) is 0 Å². The molecule has 1 aromatic carbocycles. The molecule has 0 radical (unpaired) electrons. The average Bonchev–Trinajstić information content (AvgIpc) is 2.68. The first-order valence-electron chi connectivity index (χ1n) is 4.69. The number of furan rings is 1. The summed E-state index contributed by atoms with van der Waals surface area (Å²) in [6, 6.07) is 7.69. The highest BCUT2D eigenvalue weighted by Crippen LogP contribution is 2.31. The number of fused-ring (bicyclic) bond motifs is 2. The van der Waals surface area contributed by atoms with Crippen LogP contribution in [0.2, 0.25) is 0 Å². The molecule has 3 rings (SSSR count). The molecule has 1 aliphatic rings. The van der Waals surface area contributed by atoms with Crippen molar-refractivity contribution in [3.63, 3.8) is 0 Å². The predicted molar refractivity (Wildman–Crippen MR) is 53.7 cm³/mol. The van der Waals surface area contributed by atoms with Gasteiger partial charge in [-0.2, -0.15) is 0 Å². The highest BCUT2D eigenvalue weighted by Gasteiger charge is 2.33. The van der Waals surface area contributed by atoms with E-state index in [1.54, 1.807) is 24.3 Å². The molecule has 4 heteroatoms. The van der Waals surface area contributed by atoms with Gasteiger partial charge in [-0.15, -0.1) is 0 Å². The Labute approximate surface area is 90.1 Å². The van der Waals surface area contributed by atoms with Crippen molar-refractivity contribution in [1.29, 1.82) is 0 Å². The highest BCUT2D eigenvalue weighted by molar-refractivity contribution is 6.27. The van der Waals surface area contributed by atoms with Gasteiger partial charge in [-0.05, 0) is 0 Å². The van der Waals surface area contributed by atoms with Crippen LogP contribution in [0.25, 0.3) is 0 Å². The molecule has 0 saturated carbocycles. The first-order chi connectivity index (χ1) is 7.68. The Morgan fingerprint density at radius 1 is 0.938 bits per heavy atom. The molecule has 0 atom stereocenters. The van der Waals surface area contributed by atoms with E-state index in [9.17, 15) is 9.59 Å². The number of ketones is 2. The number of aromatic hydroxyl groups is 1. The molecule has 0 spiro atoms. The summed E-state index contributed by atoms with van der Waals surface area (Å²) in [5.41, 5.74) is 0.788. The fourth-order valence-corrected chi connectivity index (χ4v) is 1.86. The predicted octanol–water partition coefficient (Wildman–Crippen LogP) is 1.76. The normalized spacial score (nSPS) is 13.5. The smallest absolute Gasteiger partial charge is 0.283 e. The molecule has 78 valence electrons. The third-order valence-corrected chi connectivity index (χ3v) is 2.59. The molecule has 1 heterocycles. The molecule has 0 saturated heterocycles. The molecule has 4 nitrogen and oxygen atoms in total. The van der Waals surface area contributed by atoms with Crippen LogP contribution in [0.3, 0.4) is 0 Å². The Morgan fingerprint density at radius 2 is 1.56 bits per heavy atom. The van der Waals surface area contributed by atoms with Gasteiger partial charge in [-0.3, -0.25) is 9.59 Å². The standard InChI is InChI=1S/C12H6O4/c13-9-5-8-10(14)6-3-1-2-4-7(6)11(15)12(8)16-9/h1-5,13H. The van der Waals surface area contributed by atoms with E-state index >= 15 is 0 Å². The van der Waals surface area contributed by atoms with Crippen molar-refractivity contribution in [3.05, 3.63) is 52.8 Å². The van der Waals surface area contributed by atoms with Gasteiger partial charge in [-0.1, -0.05) is 24.3 Å². The summed E-state index contributed by atoms with van der Waals surface area (Å²) in [6.45, 7) is 0. The van der Waals surface area contributed by atoms with Gasteiger partial charge >= 0.3 is 0 Å². The van der Waals surface area contributed by atoms with Gasteiger partial charge in [0.25, 0.3) is 5.95 Å². The van der Waals surface area contributed by atoms with Crippen LogP contribution in [0.5, 0.6) is 5.95 Å². The Kier molecular flexibility index (Phi) is 1.57. The average molecular weight is 214 g/mol. The first kappa shape index (κ1) is 8.91. The summed E-state index contributed by atoms with van der Waals surface area (Å²) in [4.78, 5) is 23.9. The van der Waals surface area contributed by atoms with E-state index in [0.717, 1.165) is 0 Å². The van der Waals surface area contributed by atoms with Crippen LogP contribution in [0.4, 0.5) is 0 Å². The van der Waals surface area contributed by atoms with Crippen LogP contribution < -0.4 is 0 Å². The van der Waals surface area contributed by atoms with Gasteiger partial charge in [0.05, 0.1) is 5.56 Å². The topological polar surface area (TPSA) is 67.5 Å². The lowest BCUT2D eigenvalue weighted by Gasteiger charge is -2.11. The lowest BCUT2D eigenvalue weighted by Crippen LogP contribution is -2.18. The molecule has 0 aliphatic heterocycles. The van der Waals surface area contributed by atoms with E-state index in [1.165, 1.54) is 6.07 Å². The number of carbonyl (C=O) groups excluding carboxylic acids is 2. The summed E-state index contributed by atoms with van der Waals surface area (Å²) < 4.78 is 4.83. The van der Waals surface area contributed by atoms with Gasteiger partial charge in [0.2, 0.25) is 5.78 Å². The van der Waals surface area contributed by atoms with Gasteiger partial charge in [0, 0.05) is 17.2 Å². The number of benzene rings is 1. The minimum atomic E-state index is -0.417. The van der Waals surface area contributed by atoms with Crippen LogP contribution in [0, 0.1) is 0 Å². The second-order valence-corrected chi connectivity index (χ2v) is 3.53. The summed E-state index contributed by atoms with van der Waals surface area (Å²) in [7, 11) is 0. The zero-order valence-electron chi connectivity index (χ0n) is 8.06. The molecule has 0 unspecified atom stereocenters. The molecule has 16 heavy (non-hydrogen) atoms. The van der Waals surface area contributed by atoms with Crippen LogP contribution in [-0.4, -0.2) is 16.7 Å². The zero-order valence-corrected chi connectivity index (χ0v) is 8.06. The fraction of sp³-hybridized carbons (Fsp3) is 0. The van der Waals surface area contributed by atoms with Crippen molar-refractivity contribution in [1.82, 2.24) is 0 Å². The van der Waals surface area contributed by atoms with E-state index in [1.807, 2.05) is 0 Å². The van der Waals surface area contributed by atoms with E-state index in [0.29, 0.717) is 11.1 Å². The quantitative estimate of drug-likeness (QED) is 0.619. The van der Waals surface area contributed by atoms with Gasteiger partial charge in [0.15, 0.2) is 11.5 Å². The maximum absolute atomic E-state index is 11.9. The van der Waals surface area contributed by atoms with E-state index in [4.69, 9.17) is 9.52 Å². The van der Waals surface area contributed by atoms with Gasteiger partial charge in [-0.25, -0.2) is 0 Å². The minimum absolute atomic E-state index is 0.0822. The van der Waals surface area contributed by atoms with E-state index < -0.39 is 5.95 Å². The molecule has 1 aromatic heterocycles. The first-order valence-corrected chi connectivity index (χ1v) is 4.69. The number of carbonyl (C=O) groups is 2. The van der Waals surface area contributed by atoms with E-state index in [-0.39, 0.29) is 22.9 Å². The molecule has 0 fully saturated rings. The maximum atomic E-state index is 11.9. The number of rotatable bonds is 0. The summed E-state index contributed by atoms with van der Waals surface area (Å²) in [6.07, 6.45) is 0. The Hall–Kier alpha value is -2.36. The Balaban J connectivity index is 2.34. The Morgan fingerprint density at radius 3 is 2.25 bits per heavy atom. The highest BCUT2D eigenvalue weighted by atomic mass is 16.5. The van der Waals surface area contributed by atoms with Crippen molar-refractivity contribution in [3.8, 4) is 5.95 Å². The summed E-state index contributed by atoms with van der Waals surface area (Å²) >= 11 is 0. The molecule has 1 N–H and O–H groups in total. The lowest BCUT2D eigenvalue weighted by atomic mass is 9.89. The largest absolute Gasteiger partial charge is 0.481 e. The lowest BCUT2D eigenvalue weighted by molar-refractivity contribution is 0.0957. The fourth-order valence-electron chi connectivity index (χ4n) is 1.86. The van der Waals surface area contributed by atoms with Crippen LogP contribution in [0.1, 0.15) is 32.0 Å². The SMILES string of the molecule is O=C1c2ccccc2C(=O)c2oc(O)cc21. The molecule has 2 aromatic rings. The summed E-state index contributed by atoms with van der Waals surface area (Å²) in [5, 5.41) is 9.17. The van der Waals surface area contributed by atoms with Crippen molar-refractivity contribution >= 4 is 11.6 Å². The van der Waals surface area contributed by atoms with Crippen molar-refractivity contribution < 1.29 is 19.1 Å². The zero-order chi connectivity index (χ0) is 11.3. The van der Waals surface area contributed by atoms with Crippen LogP contribution in [-0.2, 0) is 0 Å². The summed E-state index contributed by atoms with van der Waals surface area (Å²) in [5.74, 6) is -1.17. The van der Waals surface area contributed by atoms with Crippen molar-refractivity contribution in [2.24, 2.45) is 0 Å². The molecular formula is C12H6O4. The monoisotopic (exact) mass is 214 g/mol. The number of hydrogen-bond acceptors (Lipinski definition) is 4. The molecular weight excluding hydrogens is 208 g/mol. The van der Waals surface area contributed by atoms with Crippen LogP contribution >= 0.6 is 0 Å². The van der Waals surface area contributed by atoms with Gasteiger partial charge in [0.1, 0.15) is 0 Å². The van der Waals surface area contributed by atoms with Crippen molar-refractivity contribution in [2.75, 3.05) is 0 Å². The molecule has 0 bridgehead atoms. The maximum Gasteiger partial charge on any atom is 0.283 e. The van der Waals surface area contributed by atoms with Crippen LogP contribution in [0.15, 0.2) is 34.7 Å². The van der Waals surface area contributed by atoms with Gasteiger partial charge < -0.3 is 9.52 Å². The molecule has 1 aliphatic carbocycles. The molecule has 0 amide bonds. The van der Waals surface area contributed by atoms with Crippen molar-refractivity contribution in [2.45, 2.75) is 0 Å². The number of hydrogen-bond donors (Lipinski definition) is 1. The third-order valence-electron chi connectivity index (χ3n) is 2.59. The Bertz CT molecular complexity index is 569. The second kappa shape index (κ2) is 2.82.